The van der Waals surface area contributed by atoms with Crippen molar-refractivity contribution in [2.45, 2.75) is 92.5 Å². The summed E-state index contributed by atoms with van der Waals surface area (Å²) in [5.74, 6) is 0.827. The molecule has 14 nitrogen and oxygen atoms in total. The number of nitrogens with one attached hydrogen (secondary N) is 2. The number of para-hydroxylation sites is 1. The first-order valence-electron chi connectivity index (χ1n) is 17.8. The summed E-state index contributed by atoms with van der Waals surface area (Å²) in [6, 6.07) is 12.5. The fourth-order valence-corrected chi connectivity index (χ4v) is 7.40. The molecule has 3 aromatic rings. The number of nitrogens with zero attached hydrogens (tertiary/aromatic N) is 2. The SMILES string of the molecule is CN(CCCCCNC(=O)NC(CO)C(O)C(O)C(O)CO)S(=O)(=O)c1ccc(Cl)c(COC2(c3cnccc3-c3ccccc3OC3CC3)CC2)c1. The first-order chi connectivity index (χ1) is 25.4. The number of halogens is 1. The fraction of sp³-hybridized carbons (Fsp3) is 0.514. The van der Waals surface area contributed by atoms with E-state index in [0.717, 1.165) is 48.1 Å². The van der Waals surface area contributed by atoms with Crippen LogP contribution in [-0.4, -0.2) is 113 Å². The Hall–Kier alpha value is -3.38. The van der Waals surface area contributed by atoms with Gasteiger partial charge in [0.05, 0.1) is 42.5 Å². The monoisotopic (exact) mass is 776 g/mol. The van der Waals surface area contributed by atoms with Crippen LogP contribution >= 0.6 is 11.6 Å². The Balaban J connectivity index is 1.12. The highest BCUT2D eigenvalue weighted by Crippen LogP contribution is 2.53. The lowest BCUT2D eigenvalue weighted by molar-refractivity contribution is -0.0902. The van der Waals surface area contributed by atoms with E-state index in [0.29, 0.717) is 29.8 Å². The maximum Gasteiger partial charge on any atom is 0.315 e. The van der Waals surface area contributed by atoms with Crippen molar-refractivity contribution in [3.05, 3.63) is 77.1 Å². The Morgan fingerprint density at radius 2 is 1.77 bits per heavy atom. The summed E-state index contributed by atoms with van der Waals surface area (Å²) in [6.07, 6.45) is 3.96. The Bertz CT molecular complexity index is 1790. The van der Waals surface area contributed by atoms with E-state index in [-0.39, 0.29) is 30.7 Å². The number of amides is 2. The van der Waals surface area contributed by atoms with Crippen molar-refractivity contribution in [1.82, 2.24) is 19.9 Å². The second-order valence-corrected chi connectivity index (χ2v) is 16.0. The Kier molecular flexibility index (Phi) is 14.1. The summed E-state index contributed by atoms with van der Waals surface area (Å²) in [7, 11) is -2.35. The molecule has 2 saturated carbocycles. The summed E-state index contributed by atoms with van der Waals surface area (Å²) in [5, 5.41) is 53.1. The summed E-state index contributed by atoms with van der Waals surface area (Å²) >= 11 is 6.55. The average Bonchev–Trinajstić information content (AvgIpc) is 4.11. The zero-order valence-electron chi connectivity index (χ0n) is 29.6. The predicted molar refractivity (Wildman–Crippen MR) is 197 cm³/mol. The Morgan fingerprint density at radius 3 is 2.47 bits per heavy atom. The van der Waals surface area contributed by atoms with Crippen molar-refractivity contribution in [1.29, 1.82) is 0 Å². The number of unbranched alkanes of at least 4 members (excludes halogenated alkanes) is 2. The molecule has 2 aliphatic rings. The molecule has 53 heavy (non-hydrogen) atoms. The van der Waals surface area contributed by atoms with Gasteiger partial charge in [0.25, 0.3) is 0 Å². The number of aliphatic hydroxyl groups excluding tert-OH is 5. The molecular weight excluding hydrogens is 728 g/mol. The summed E-state index contributed by atoms with van der Waals surface area (Å²) in [6.45, 7) is -0.972. The van der Waals surface area contributed by atoms with Crippen LogP contribution in [0.2, 0.25) is 5.02 Å². The molecule has 2 fully saturated rings. The minimum Gasteiger partial charge on any atom is -0.490 e. The summed E-state index contributed by atoms with van der Waals surface area (Å²) < 4.78 is 41.0. The predicted octanol–water partition coefficient (Wildman–Crippen LogP) is 2.68. The number of pyridine rings is 1. The lowest BCUT2D eigenvalue weighted by atomic mass is 9.96. The molecule has 0 bridgehead atoms. The van der Waals surface area contributed by atoms with Crippen LogP contribution in [0.1, 0.15) is 56.1 Å². The molecule has 290 valence electrons. The zero-order valence-corrected chi connectivity index (χ0v) is 31.2. The van der Waals surface area contributed by atoms with Crippen molar-refractivity contribution in [3.63, 3.8) is 0 Å². The number of carbonyl (C=O) groups excluding carboxylic acids is 1. The second-order valence-electron chi connectivity index (χ2n) is 13.6. The quantitative estimate of drug-likeness (QED) is 0.0782. The van der Waals surface area contributed by atoms with E-state index in [1.165, 1.54) is 17.4 Å². The Morgan fingerprint density at radius 1 is 1.02 bits per heavy atom. The first-order valence-corrected chi connectivity index (χ1v) is 19.6. The second kappa shape index (κ2) is 18.3. The molecule has 1 heterocycles. The number of ether oxygens (including phenoxy) is 2. The number of hydrogen-bond acceptors (Lipinski definition) is 11. The number of aromatic nitrogens is 1. The van der Waals surface area contributed by atoms with Gasteiger partial charge in [0.2, 0.25) is 10.0 Å². The number of aliphatic hydroxyl groups is 5. The Labute approximate surface area is 314 Å². The molecule has 5 rings (SSSR count). The highest BCUT2D eigenvalue weighted by Gasteiger charge is 2.48. The summed E-state index contributed by atoms with van der Waals surface area (Å²) in [5.41, 5.74) is 2.87. The van der Waals surface area contributed by atoms with Gasteiger partial charge in [-0.25, -0.2) is 17.5 Å². The van der Waals surface area contributed by atoms with E-state index in [2.05, 4.69) is 15.6 Å². The van der Waals surface area contributed by atoms with Crippen LogP contribution in [0.3, 0.4) is 0 Å². The fourth-order valence-electron chi connectivity index (χ4n) is 5.96. The maximum absolute atomic E-state index is 13.5. The van der Waals surface area contributed by atoms with Gasteiger partial charge in [-0.05, 0) is 80.0 Å². The van der Waals surface area contributed by atoms with Gasteiger partial charge in [-0.2, -0.15) is 0 Å². The highest BCUT2D eigenvalue weighted by atomic mass is 35.5. The topological polar surface area (TPSA) is 211 Å². The van der Waals surface area contributed by atoms with E-state index in [9.17, 15) is 33.6 Å². The van der Waals surface area contributed by atoms with Crippen LogP contribution in [0.25, 0.3) is 11.1 Å². The molecule has 2 aliphatic carbocycles. The summed E-state index contributed by atoms with van der Waals surface area (Å²) in [4.78, 5) is 16.7. The first kappa shape index (κ1) is 40.8. The number of sulfonamides is 1. The van der Waals surface area contributed by atoms with E-state index in [1.807, 2.05) is 36.5 Å². The van der Waals surface area contributed by atoms with Crippen molar-refractivity contribution >= 4 is 27.7 Å². The molecule has 4 unspecified atom stereocenters. The van der Waals surface area contributed by atoms with Crippen LogP contribution in [0.5, 0.6) is 5.75 Å². The number of carbonyl (C=O) groups is 1. The number of rotatable bonds is 21. The molecule has 4 atom stereocenters. The third-order valence-corrected chi connectivity index (χ3v) is 11.8. The molecule has 0 spiro atoms. The van der Waals surface area contributed by atoms with Crippen LogP contribution in [0.15, 0.2) is 65.8 Å². The van der Waals surface area contributed by atoms with Crippen molar-refractivity contribution in [2.75, 3.05) is 33.4 Å². The standard InChI is InChI=1S/C37H49ClN4O10S/c1-42(18-6-2-5-16-40-36(48)41-31(21-43)34(46)35(47)32(45)22-44)53(49,50)26-11-12-30(38)24(19-26)23-51-37(14-15-37)29-20-39-17-13-27(29)28-7-3-4-8-33(28)52-25-9-10-25/h3-4,7-8,11-13,17,19-20,25,31-32,34-35,43-47H,2,5-6,9-10,14-16,18,21-23H2,1H3,(H2,40,41,48). The van der Waals surface area contributed by atoms with Gasteiger partial charge in [-0.1, -0.05) is 36.2 Å². The van der Waals surface area contributed by atoms with Crippen LogP contribution in [0.4, 0.5) is 4.79 Å². The number of hydrogen-bond donors (Lipinski definition) is 7. The third kappa shape index (κ3) is 10.4. The smallest absolute Gasteiger partial charge is 0.315 e. The highest BCUT2D eigenvalue weighted by molar-refractivity contribution is 7.89. The largest absolute Gasteiger partial charge is 0.490 e. The van der Waals surface area contributed by atoms with Gasteiger partial charge in [0.1, 0.15) is 24.1 Å². The molecule has 0 aliphatic heterocycles. The molecule has 1 aromatic heterocycles. The molecule has 0 radical (unpaired) electrons. The maximum atomic E-state index is 13.5. The van der Waals surface area contributed by atoms with E-state index < -0.39 is 59.2 Å². The van der Waals surface area contributed by atoms with Crippen molar-refractivity contribution in [3.8, 4) is 16.9 Å². The zero-order chi connectivity index (χ0) is 38.2. The lowest BCUT2D eigenvalue weighted by Gasteiger charge is -2.28. The molecule has 16 heteroatoms. The van der Waals surface area contributed by atoms with Gasteiger partial charge >= 0.3 is 6.03 Å². The minimum atomic E-state index is -3.85. The van der Waals surface area contributed by atoms with Gasteiger partial charge in [-0.3, -0.25) is 4.98 Å². The van der Waals surface area contributed by atoms with Crippen LogP contribution in [0, 0.1) is 0 Å². The molecule has 7 N–H and O–H groups in total. The third-order valence-electron chi connectivity index (χ3n) is 9.53. The van der Waals surface area contributed by atoms with Gasteiger partial charge in [0.15, 0.2) is 0 Å². The molecular formula is C37H49ClN4O10S. The minimum absolute atomic E-state index is 0.0941. The van der Waals surface area contributed by atoms with E-state index in [1.54, 1.807) is 18.3 Å². The molecule has 0 saturated heterocycles. The molecule has 2 amide bonds. The molecule has 2 aromatic carbocycles. The van der Waals surface area contributed by atoms with E-state index >= 15 is 0 Å². The van der Waals surface area contributed by atoms with Crippen LogP contribution in [-0.2, 0) is 27.0 Å². The number of urea groups is 1. The number of benzene rings is 2. The van der Waals surface area contributed by atoms with Crippen LogP contribution < -0.4 is 15.4 Å². The van der Waals surface area contributed by atoms with Crippen molar-refractivity contribution in [2.24, 2.45) is 0 Å². The van der Waals surface area contributed by atoms with Crippen molar-refractivity contribution < 1.29 is 48.2 Å². The van der Waals surface area contributed by atoms with Gasteiger partial charge in [0, 0.05) is 48.7 Å². The van der Waals surface area contributed by atoms with Gasteiger partial charge in [-0.15, -0.1) is 0 Å². The lowest BCUT2D eigenvalue weighted by Crippen LogP contribution is -2.56. The average molecular weight is 777 g/mol. The van der Waals surface area contributed by atoms with Gasteiger partial charge < -0.3 is 45.6 Å². The van der Waals surface area contributed by atoms with E-state index in [4.69, 9.17) is 26.2 Å². The normalized spacial score (nSPS) is 17.5.